The quantitative estimate of drug-likeness (QED) is 0.274. The maximum Gasteiger partial charge on any atom is 0.328 e. The molecule has 2 aliphatic heterocycles. The van der Waals surface area contributed by atoms with Crippen LogP contribution in [0.4, 0.5) is 22.1 Å². The highest BCUT2D eigenvalue weighted by molar-refractivity contribution is 6.01. The van der Waals surface area contributed by atoms with Gasteiger partial charge >= 0.3 is 6.03 Å². The first-order chi connectivity index (χ1) is 19.5. The summed E-state index contributed by atoms with van der Waals surface area (Å²) in [5.41, 5.74) is 3.32. The van der Waals surface area contributed by atoms with Crippen LogP contribution >= 0.6 is 0 Å². The van der Waals surface area contributed by atoms with Gasteiger partial charge in [-0.2, -0.15) is 5.26 Å². The van der Waals surface area contributed by atoms with E-state index in [-0.39, 0.29) is 11.5 Å². The molecule has 0 spiro atoms. The summed E-state index contributed by atoms with van der Waals surface area (Å²) in [7, 11) is 1.59. The molecular formula is C28H32N8O4. The van der Waals surface area contributed by atoms with E-state index in [4.69, 9.17) is 4.74 Å². The summed E-state index contributed by atoms with van der Waals surface area (Å²) in [6.07, 6.45) is 5.89. The molecule has 0 unspecified atom stereocenters. The van der Waals surface area contributed by atoms with Crippen molar-refractivity contribution in [2.45, 2.75) is 38.3 Å². The van der Waals surface area contributed by atoms with Crippen molar-refractivity contribution >= 4 is 35.6 Å². The Balaban J connectivity index is 1.33. The van der Waals surface area contributed by atoms with Crippen LogP contribution in [0.1, 0.15) is 46.4 Å². The third-order valence-electron chi connectivity index (χ3n) is 7.45. The molecule has 12 heteroatoms. The van der Waals surface area contributed by atoms with Crippen molar-refractivity contribution in [3.63, 3.8) is 0 Å². The topological polar surface area (TPSA) is 144 Å². The van der Waals surface area contributed by atoms with Gasteiger partial charge in [0, 0.05) is 70.2 Å². The van der Waals surface area contributed by atoms with Crippen molar-refractivity contribution in [2.24, 2.45) is 0 Å². The molecule has 40 heavy (non-hydrogen) atoms. The van der Waals surface area contributed by atoms with E-state index >= 15 is 0 Å². The number of fused-ring (bicyclic) bond motifs is 1. The molecule has 2 aromatic heterocycles. The fourth-order valence-corrected chi connectivity index (χ4v) is 5.19. The van der Waals surface area contributed by atoms with E-state index in [9.17, 15) is 19.6 Å². The van der Waals surface area contributed by atoms with Crippen molar-refractivity contribution in [3.8, 4) is 6.07 Å². The predicted octanol–water partition coefficient (Wildman–Crippen LogP) is 2.20. The molecule has 2 aromatic rings. The summed E-state index contributed by atoms with van der Waals surface area (Å²) in [6.45, 7) is 3.89. The number of amides is 2. The molecule has 5 rings (SSSR count). The van der Waals surface area contributed by atoms with Crippen molar-refractivity contribution in [2.75, 3.05) is 62.0 Å². The number of carbonyl (C=O) groups excluding carboxylic acids is 3. The molecule has 1 aliphatic carbocycles. The normalized spacial score (nSPS) is 17.1. The van der Waals surface area contributed by atoms with Crippen molar-refractivity contribution in [1.29, 1.82) is 5.26 Å². The number of nitriles is 1. The fraction of sp³-hybridized carbons (Fsp3) is 0.464. The third kappa shape index (κ3) is 5.97. The molecule has 0 aromatic carbocycles. The van der Waals surface area contributed by atoms with E-state index < -0.39 is 6.03 Å². The summed E-state index contributed by atoms with van der Waals surface area (Å²) in [5.74, 6) is 2.82. The molecule has 3 aliphatic rings. The second kappa shape index (κ2) is 12.3. The standard InChI is InChI=1S/C28H32N8O4/c1-40-10-6-30-24-12-26(31-14-21(24)13-29)33-28(39)36-7-2-3-19-11-20(25(18-38)32-27(19)36)15-34-8-9-35(22-4-5-22)16-23(34)17-37/h11-12,14,18,22H,2-10,15-16H2,1H3,(H2,30,31,33,39). The van der Waals surface area contributed by atoms with Gasteiger partial charge in [0.1, 0.15) is 35.0 Å². The summed E-state index contributed by atoms with van der Waals surface area (Å²) in [6, 6.07) is 5.75. The minimum atomic E-state index is -0.430. The van der Waals surface area contributed by atoms with Gasteiger partial charge in [-0.25, -0.2) is 19.6 Å². The van der Waals surface area contributed by atoms with Crippen LogP contribution in [0, 0.1) is 11.3 Å². The van der Waals surface area contributed by atoms with Crippen molar-refractivity contribution < 1.29 is 19.1 Å². The first-order valence-corrected chi connectivity index (χ1v) is 13.5. The number of aryl methyl sites for hydroxylation is 1. The molecule has 208 valence electrons. The highest BCUT2D eigenvalue weighted by Crippen LogP contribution is 2.32. The van der Waals surface area contributed by atoms with E-state index in [0.29, 0.717) is 80.8 Å². The lowest BCUT2D eigenvalue weighted by molar-refractivity contribution is 0.111. The van der Waals surface area contributed by atoms with Gasteiger partial charge < -0.3 is 15.0 Å². The van der Waals surface area contributed by atoms with Crippen LogP contribution in [-0.4, -0.2) is 90.5 Å². The van der Waals surface area contributed by atoms with E-state index in [1.165, 1.54) is 23.9 Å². The average molecular weight is 545 g/mol. The van der Waals surface area contributed by atoms with E-state index in [1.54, 1.807) is 13.2 Å². The van der Waals surface area contributed by atoms with Crippen LogP contribution in [0.3, 0.4) is 0 Å². The number of carbonyl (C=O) groups is 2. The highest BCUT2D eigenvalue weighted by Gasteiger charge is 2.34. The van der Waals surface area contributed by atoms with E-state index in [2.05, 4.69) is 37.5 Å². The van der Waals surface area contributed by atoms with E-state index in [0.717, 1.165) is 24.1 Å². The number of ether oxygens (including phenoxy) is 1. The number of nitrogens with zero attached hydrogens (tertiary/aromatic N) is 6. The second-order valence-corrected chi connectivity index (χ2v) is 10.1. The molecule has 2 fully saturated rings. The molecular weight excluding hydrogens is 512 g/mol. The first kappa shape index (κ1) is 27.3. The van der Waals surface area contributed by atoms with Gasteiger partial charge in [0.05, 0.1) is 17.9 Å². The van der Waals surface area contributed by atoms with Crippen LogP contribution in [0.5, 0.6) is 0 Å². The Morgan fingerprint density at radius 1 is 1.27 bits per heavy atom. The molecule has 4 heterocycles. The number of methoxy groups -OCH3 is 1. The number of aromatic nitrogens is 2. The first-order valence-electron chi connectivity index (χ1n) is 13.5. The molecule has 0 atom stereocenters. The lowest BCUT2D eigenvalue weighted by Crippen LogP contribution is -2.45. The lowest BCUT2D eigenvalue weighted by atomic mass is 10.0. The predicted molar refractivity (Wildman–Crippen MR) is 148 cm³/mol. The van der Waals surface area contributed by atoms with Crippen LogP contribution in [0.2, 0.25) is 0 Å². The molecule has 12 nitrogen and oxygen atoms in total. The Bertz CT molecular complexity index is 1380. The zero-order chi connectivity index (χ0) is 28.1. The average Bonchev–Trinajstić information content (AvgIpc) is 3.83. The smallest absolute Gasteiger partial charge is 0.328 e. The SMILES string of the molecule is COCCNc1cc(NC(=O)N2CCCc3cc(CN4CCN(C5CC5)CC4=C=O)c(C=O)nc32)ncc1C#N. The van der Waals surface area contributed by atoms with Gasteiger partial charge in [-0.15, -0.1) is 0 Å². The fourth-order valence-electron chi connectivity index (χ4n) is 5.19. The lowest BCUT2D eigenvalue weighted by Gasteiger charge is -2.37. The largest absolute Gasteiger partial charge is 0.383 e. The number of nitrogens with one attached hydrogen (secondary N) is 2. The molecule has 2 N–H and O–H groups in total. The number of pyridine rings is 2. The van der Waals surface area contributed by atoms with Crippen LogP contribution in [0.15, 0.2) is 24.0 Å². The number of aldehydes is 1. The molecule has 2 amide bonds. The Labute approximate surface area is 232 Å². The summed E-state index contributed by atoms with van der Waals surface area (Å²) >= 11 is 0. The number of urea groups is 1. The Kier molecular flexibility index (Phi) is 8.36. The number of piperazine rings is 1. The minimum Gasteiger partial charge on any atom is -0.383 e. The Hall–Kier alpha value is -4.30. The number of hydrogen-bond acceptors (Lipinski definition) is 10. The molecule has 1 saturated heterocycles. The Morgan fingerprint density at radius 2 is 2.12 bits per heavy atom. The third-order valence-corrected chi connectivity index (χ3v) is 7.45. The van der Waals surface area contributed by atoms with Gasteiger partial charge in [-0.1, -0.05) is 0 Å². The van der Waals surface area contributed by atoms with Gasteiger partial charge in [0.2, 0.25) is 0 Å². The van der Waals surface area contributed by atoms with Gasteiger partial charge in [-0.05, 0) is 37.3 Å². The van der Waals surface area contributed by atoms with Crippen LogP contribution in [-0.2, 0) is 22.5 Å². The molecule has 0 radical (unpaired) electrons. The zero-order valence-electron chi connectivity index (χ0n) is 22.5. The van der Waals surface area contributed by atoms with E-state index in [1.807, 2.05) is 11.0 Å². The Morgan fingerprint density at radius 3 is 2.85 bits per heavy atom. The summed E-state index contributed by atoms with van der Waals surface area (Å²) in [4.78, 5) is 51.7. The van der Waals surface area contributed by atoms with Gasteiger partial charge in [0.25, 0.3) is 0 Å². The minimum absolute atomic E-state index is 0.245. The maximum absolute atomic E-state index is 13.3. The van der Waals surface area contributed by atoms with Gasteiger partial charge in [0.15, 0.2) is 6.29 Å². The molecule has 0 bridgehead atoms. The van der Waals surface area contributed by atoms with Gasteiger partial charge in [-0.3, -0.25) is 19.9 Å². The highest BCUT2D eigenvalue weighted by atomic mass is 16.5. The van der Waals surface area contributed by atoms with Crippen molar-refractivity contribution in [1.82, 2.24) is 19.8 Å². The van der Waals surface area contributed by atoms with Crippen molar-refractivity contribution in [3.05, 3.63) is 46.4 Å². The number of anilines is 3. The zero-order valence-corrected chi connectivity index (χ0v) is 22.5. The van der Waals surface area contributed by atoms with Crippen LogP contribution < -0.4 is 15.5 Å². The summed E-state index contributed by atoms with van der Waals surface area (Å²) in [5, 5.41) is 15.3. The summed E-state index contributed by atoms with van der Waals surface area (Å²) < 4.78 is 5.05. The maximum atomic E-state index is 13.3. The number of rotatable bonds is 9. The number of hydrogen-bond donors (Lipinski definition) is 2. The van der Waals surface area contributed by atoms with Crippen LogP contribution in [0.25, 0.3) is 0 Å². The second-order valence-electron chi connectivity index (χ2n) is 10.1. The monoisotopic (exact) mass is 544 g/mol. The molecule has 1 saturated carbocycles.